The van der Waals surface area contributed by atoms with Gasteiger partial charge in [0, 0.05) is 18.8 Å². The number of amides is 1. The molecule has 0 aromatic heterocycles. The van der Waals surface area contributed by atoms with Gasteiger partial charge in [0.05, 0.1) is 26.7 Å². The molecule has 0 aliphatic carbocycles. The fraction of sp³-hybridized carbons (Fsp3) is 0.381. The Bertz CT molecular complexity index is 998. The molecule has 1 aliphatic heterocycles. The molecule has 0 atom stereocenters. The molecule has 7 nitrogen and oxygen atoms in total. The van der Waals surface area contributed by atoms with Crippen molar-refractivity contribution < 1.29 is 22.7 Å². The summed E-state index contributed by atoms with van der Waals surface area (Å²) in [5.74, 6) is 0.0302. The Morgan fingerprint density at radius 3 is 2.55 bits per heavy atom. The number of nitrogens with zero attached hydrogens (tertiary/aromatic N) is 1. The maximum atomic E-state index is 13.1. The molecular weight excluding hydrogens is 392 g/mol. The Labute approximate surface area is 171 Å². The number of hydrogen-bond donors (Lipinski definition) is 1. The van der Waals surface area contributed by atoms with Crippen molar-refractivity contribution in [2.24, 2.45) is 0 Å². The first-order valence-electron chi connectivity index (χ1n) is 9.43. The van der Waals surface area contributed by atoms with Gasteiger partial charge in [-0.25, -0.2) is 8.42 Å². The van der Waals surface area contributed by atoms with E-state index in [0.717, 1.165) is 16.7 Å². The van der Waals surface area contributed by atoms with Crippen LogP contribution < -0.4 is 10.1 Å². The van der Waals surface area contributed by atoms with Crippen molar-refractivity contribution in [3.8, 4) is 5.75 Å². The van der Waals surface area contributed by atoms with Gasteiger partial charge in [0.1, 0.15) is 10.6 Å². The molecule has 0 spiro atoms. The summed E-state index contributed by atoms with van der Waals surface area (Å²) in [6.07, 6.45) is 0.213. The van der Waals surface area contributed by atoms with Crippen LogP contribution in [0.2, 0.25) is 0 Å². The second kappa shape index (κ2) is 8.94. The van der Waals surface area contributed by atoms with Gasteiger partial charge in [0.2, 0.25) is 15.9 Å². The highest BCUT2D eigenvalue weighted by molar-refractivity contribution is 7.89. The highest BCUT2D eigenvalue weighted by Crippen LogP contribution is 2.30. The first kappa shape index (κ1) is 21.3. The lowest BCUT2D eigenvalue weighted by molar-refractivity contribution is -0.115. The van der Waals surface area contributed by atoms with Gasteiger partial charge in [-0.1, -0.05) is 23.8 Å². The third-order valence-electron chi connectivity index (χ3n) is 4.89. The monoisotopic (exact) mass is 418 g/mol. The van der Waals surface area contributed by atoms with Crippen LogP contribution in [0.4, 0.5) is 5.69 Å². The first-order valence-corrected chi connectivity index (χ1v) is 10.9. The minimum atomic E-state index is -3.76. The second-order valence-electron chi connectivity index (χ2n) is 7.04. The molecule has 1 fully saturated rings. The van der Waals surface area contributed by atoms with Crippen LogP contribution in [0, 0.1) is 13.8 Å². The molecule has 0 saturated carbocycles. The highest BCUT2D eigenvalue weighted by Gasteiger charge is 2.29. The van der Waals surface area contributed by atoms with E-state index in [9.17, 15) is 13.2 Å². The number of nitrogens with one attached hydrogen (secondary N) is 1. The summed E-state index contributed by atoms with van der Waals surface area (Å²) in [5.41, 5.74) is 3.47. The zero-order valence-corrected chi connectivity index (χ0v) is 17.7. The number of anilines is 1. The van der Waals surface area contributed by atoms with E-state index in [0.29, 0.717) is 18.9 Å². The van der Waals surface area contributed by atoms with Crippen LogP contribution in [-0.4, -0.2) is 52.0 Å². The summed E-state index contributed by atoms with van der Waals surface area (Å²) in [5, 5.41) is 2.80. The van der Waals surface area contributed by atoms with Crippen molar-refractivity contribution >= 4 is 21.6 Å². The number of sulfonamides is 1. The summed E-state index contributed by atoms with van der Waals surface area (Å²) in [6, 6.07) is 10.6. The fourth-order valence-corrected chi connectivity index (χ4v) is 4.84. The Hall–Kier alpha value is -2.42. The molecule has 1 N–H and O–H groups in total. The van der Waals surface area contributed by atoms with E-state index in [1.165, 1.54) is 17.5 Å². The number of benzene rings is 2. The number of carbonyl (C=O) groups is 1. The number of morpholine rings is 1. The van der Waals surface area contributed by atoms with Crippen molar-refractivity contribution in [1.29, 1.82) is 0 Å². The third-order valence-corrected chi connectivity index (χ3v) is 6.81. The van der Waals surface area contributed by atoms with E-state index in [-0.39, 0.29) is 36.1 Å². The van der Waals surface area contributed by atoms with E-state index in [1.807, 2.05) is 32.0 Å². The number of methoxy groups -OCH3 is 1. The predicted octanol–water partition coefficient (Wildman–Crippen LogP) is 2.51. The standard InChI is InChI=1S/C21H26N2O5S/c1-15-4-5-16(2)17(12-15)13-21(24)22-18-6-7-19(27-3)20(14-18)29(25,26)23-8-10-28-11-9-23/h4-7,12,14H,8-11,13H2,1-3H3,(H,22,24). The van der Waals surface area contributed by atoms with E-state index in [1.54, 1.807) is 12.1 Å². The number of rotatable bonds is 6. The molecule has 1 amide bonds. The zero-order valence-electron chi connectivity index (χ0n) is 16.9. The van der Waals surface area contributed by atoms with Crippen LogP contribution in [0.1, 0.15) is 16.7 Å². The largest absolute Gasteiger partial charge is 0.495 e. The van der Waals surface area contributed by atoms with Gasteiger partial charge in [-0.05, 0) is 43.2 Å². The van der Waals surface area contributed by atoms with Crippen LogP contribution in [-0.2, 0) is 26.0 Å². The van der Waals surface area contributed by atoms with Crippen molar-refractivity contribution in [2.45, 2.75) is 25.2 Å². The summed E-state index contributed by atoms with van der Waals surface area (Å²) in [7, 11) is -2.33. The Kier molecular flexibility index (Phi) is 6.56. The van der Waals surface area contributed by atoms with Crippen LogP contribution in [0.3, 0.4) is 0 Å². The predicted molar refractivity (Wildman–Crippen MR) is 111 cm³/mol. The summed E-state index contributed by atoms with van der Waals surface area (Å²) in [4.78, 5) is 12.6. The average Bonchev–Trinajstić information content (AvgIpc) is 2.71. The van der Waals surface area contributed by atoms with Crippen LogP contribution in [0.25, 0.3) is 0 Å². The van der Waals surface area contributed by atoms with Crippen LogP contribution in [0.15, 0.2) is 41.3 Å². The van der Waals surface area contributed by atoms with Crippen molar-refractivity contribution in [1.82, 2.24) is 4.31 Å². The summed E-state index contributed by atoms with van der Waals surface area (Å²) >= 11 is 0. The number of ether oxygens (including phenoxy) is 2. The second-order valence-corrected chi connectivity index (χ2v) is 8.94. The molecule has 2 aromatic carbocycles. The van der Waals surface area contributed by atoms with Gasteiger partial charge >= 0.3 is 0 Å². The maximum Gasteiger partial charge on any atom is 0.246 e. The first-order chi connectivity index (χ1) is 13.8. The number of carbonyl (C=O) groups excluding carboxylic acids is 1. The molecule has 0 unspecified atom stereocenters. The van der Waals surface area contributed by atoms with E-state index < -0.39 is 10.0 Å². The zero-order chi connectivity index (χ0) is 21.0. The molecule has 156 valence electrons. The van der Waals surface area contributed by atoms with Crippen molar-refractivity contribution in [3.05, 3.63) is 53.1 Å². The average molecular weight is 419 g/mol. The molecule has 0 bridgehead atoms. The van der Waals surface area contributed by atoms with E-state index in [2.05, 4.69) is 5.32 Å². The molecule has 3 rings (SSSR count). The van der Waals surface area contributed by atoms with Gasteiger partial charge in [0.25, 0.3) is 0 Å². The molecule has 29 heavy (non-hydrogen) atoms. The molecule has 8 heteroatoms. The molecule has 1 saturated heterocycles. The minimum Gasteiger partial charge on any atom is -0.495 e. The Balaban J connectivity index is 1.82. The smallest absolute Gasteiger partial charge is 0.246 e. The maximum absolute atomic E-state index is 13.1. The van der Waals surface area contributed by atoms with Crippen molar-refractivity contribution in [3.63, 3.8) is 0 Å². The van der Waals surface area contributed by atoms with Crippen LogP contribution >= 0.6 is 0 Å². The van der Waals surface area contributed by atoms with E-state index in [4.69, 9.17) is 9.47 Å². The molecule has 1 heterocycles. The number of hydrogen-bond acceptors (Lipinski definition) is 5. The van der Waals surface area contributed by atoms with Gasteiger partial charge in [-0.15, -0.1) is 0 Å². The normalized spacial score (nSPS) is 15.1. The topological polar surface area (TPSA) is 84.9 Å². The minimum absolute atomic E-state index is 0.0337. The lowest BCUT2D eigenvalue weighted by atomic mass is 10.0. The van der Waals surface area contributed by atoms with Crippen molar-refractivity contribution in [2.75, 3.05) is 38.7 Å². The Morgan fingerprint density at radius 2 is 1.86 bits per heavy atom. The van der Waals surface area contributed by atoms with Gasteiger partial charge < -0.3 is 14.8 Å². The molecule has 2 aromatic rings. The fourth-order valence-electron chi connectivity index (χ4n) is 3.25. The number of aryl methyl sites for hydroxylation is 2. The summed E-state index contributed by atoms with van der Waals surface area (Å²) < 4.78 is 38.0. The highest BCUT2D eigenvalue weighted by atomic mass is 32.2. The molecular formula is C21H26N2O5S. The quantitative estimate of drug-likeness (QED) is 0.779. The third kappa shape index (κ3) is 4.95. The lowest BCUT2D eigenvalue weighted by Crippen LogP contribution is -2.40. The molecule has 0 radical (unpaired) electrons. The SMILES string of the molecule is COc1ccc(NC(=O)Cc2cc(C)ccc2C)cc1S(=O)(=O)N1CCOCC1. The van der Waals surface area contributed by atoms with E-state index >= 15 is 0 Å². The molecule has 1 aliphatic rings. The van der Waals surface area contributed by atoms with Gasteiger partial charge in [-0.3, -0.25) is 4.79 Å². The van der Waals surface area contributed by atoms with Gasteiger partial charge in [0.15, 0.2) is 0 Å². The Morgan fingerprint density at radius 1 is 1.14 bits per heavy atom. The lowest BCUT2D eigenvalue weighted by Gasteiger charge is -2.26. The van der Waals surface area contributed by atoms with Gasteiger partial charge in [-0.2, -0.15) is 4.31 Å². The summed E-state index contributed by atoms with van der Waals surface area (Å²) in [6.45, 7) is 5.22. The van der Waals surface area contributed by atoms with Crippen LogP contribution in [0.5, 0.6) is 5.75 Å².